The number of allylic oxidation sites excluding steroid dienone is 3. The average Bonchev–Trinajstić information content (AvgIpc) is 1.78. The van der Waals surface area contributed by atoms with Gasteiger partial charge < -0.3 is 113 Å². The van der Waals surface area contributed by atoms with Gasteiger partial charge in [0.25, 0.3) is 0 Å². The van der Waals surface area contributed by atoms with Crippen molar-refractivity contribution in [3.05, 3.63) is 23.8 Å². The molecule has 12 N–H and O–H groups in total. The number of rotatable bonds is 17. The summed E-state index contributed by atoms with van der Waals surface area (Å²) in [6, 6.07) is 0. The fourth-order valence-corrected chi connectivity index (χ4v) is 16.0. The van der Waals surface area contributed by atoms with Crippen molar-refractivity contribution in [1.82, 2.24) is 0 Å². The smallest absolute Gasteiger partial charge is 0.726 e. The van der Waals surface area contributed by atoms with E-state index in [2.05, 4.69) is 40.3 Å². The molecule has 8 fully saturated rings. The fourth-order valence-electron chi connectivity index (χ4n) is 15.5. The van der Waals surface area contributed by atoms with Crippen molar-refractivity contribution in [3.8, 4) is 0 Å². The molecule has 4 aliphatic carbocycles. The molecule has 0 amide bonds. The van der Waals surface area contributed by atoms with Crippen LogP contribution in [0.25, 0.3) is 0 Å². The van der Waals surface area contributed by atoms with Crippen molar-refractivity contribution in [2.24, 2.45) is 40.4 Å². The number of aliphatic hydroxyl groups excluding tert-OH is 11. The zero-order valence-electron chi connectivity index (χ0n) is 50.2. The first kappa shape index (κ1) is 70.3. The Hall–Kier alpha value is -0.530. The van der Waals surface area contributed by atoms with E-state index >= 15 is 0 Å². The molecule has 3 saturated carbocycles. The zero-order valence-corrected chi connectivity index (χ0v) is 53.1. The van der Waals surface area contributed by atoms with E-state index in [0.29, 0.717) is 32.1 Å². The van der Waals surface area contributed by atoms with Crippen LogP contribution in [0.2, 0.25) is 0 Å². The van der Waals surface area contributed by atoms with Crippen LogP contribution in [0.3, 0.4) is 0 Å². The summed E-state index contributed by atoms with van der Waals surface area (Å²) >= 11 is 0. The minimum Gasteiger partial charge on any atom is -0.726 e. The Labute approximate surface area is 519 Å². The van der Waals surface area contributed by atoms with Crippen molar-refractivity contribution in [2.75, 3.05) is 6.61 Å². The minimum absolute atomic E-state index is 0. The van der Waals surface area contributed by atoms with Crippen molar-refractivity contribution < 1.29 is 155 Å². The Kier molecular flexibility index (Phi) is 22.5. The summed E-state index contributed by atoms with van der Waals surface area (Å²) in [5, 5.41) is 135. The van der Waals surface area contributed by atoms with Crippen molar-refractivity contribution in [2.45, 2.75) is 285 Å². The second-order valence-corrected chi connectivity index (χ2v) is 27.6. The number of aliphatic hydroxyl groups is 12. The third kappa shape index (κ3) is 14.1. The molecule has 0 bridgehead atoms. The molecule has 5 aliphatic heterocycles. The quantitative estimate of drug-likeness (QED) is 0.0286. The van der Waals surface area contributed by atoms with Gasteiger partial charge in [-0.25, -0.2) is 8.42 Å². The van der Waals surface area contributed by atoms with Gasteiger partial charge in [0.2, 0.25) is 10.4 Å². The van der Waals surface area contributed by atoms with Gasteiger partial charge in [-0.15, -0.1) is 0 Å². The van der Waals surface area contributed by atoms with Crippen LogP contribution in [0.4, 0.5) is 0 Å². The Bertz CT molecular complexity index is 2410. The summed E-state index contributed by atoms with van der Waals surface area (Å²) in [6.45, 7) is 19.8. The second kappa shape index (κ2) is 27.2. The van der Waals surface area contributed by atoms with E-state index in [9.17, 15) is 74.2 Å². The van der Waals surface area contributed by atoms with E-state index in [1.54, 1.807) is 0 Å². The van der Waals surface area contributed by atoms with Gasteiger partial charge in [0.1, 0.15) is 91.6 Å². The molecular formula is C57H93NaO26S. The first-order valence-corrected chi connectivity index (χ1v) is 31.2. The topological polar surface area (TPSA) is 401 Å². The van der Waals surface area contributed by atoms with Gasteiger partial charge in [0.15, 0.2) is 31.5 Å². The Balaban J connectivity index is 0.00000940. The van der Waals surface area contributed by atoms with Gasteiger partial charge in [-0.2, -0.15) is 0 Å². The molecule has 9 aliphatic rings. The van der Waals surface area contributed by atoms with Crippen LogP contribution in [0.1, 0.15) is 120 Å². The summed E-state index contributed by atoms with van der Waals surface area (Å²) in [7, 11) is -5.10. The maximum Gasteiger partial charge on any atom is 1.00 e. The first-order valence-electron chi connectivity index (χ1n) is 29.9. The maximum atomic E-state index is 12.4. The van der Waals surface area contributed by atoms with Gasteiger partial charge >= 0.3 is 29.6 Å². The summed E-state index contributed by atoms with van der Waals surface area (Å²) in [4.78, 5) is 0. The van der Waals surface area contributed by atoms with E-state index in [-0.39, 0.29) is 71.5 Å². The number of hydrogen-bond donors (Lipinski definition) is 12. The van der Waals surface area contributed by atoms with Crippen LogP contribution in [0.15, 0.2) is 23.8 Å². The molecule has 26 nitrogen and oxygen atoms in total. The molecule has 0 aromatic heterocycles. The van der Waals surface area contributed by atoms with Crippen molar-refractivity contribution in [3.63, 3.8) is 0 Å². The zero-order chi connectivity index (χ0) is 61.6. The molecule has 0 radical (unpaired) electrons. The van der Waals surface area contributed by atoms with Crippen LogP contribution in [-0.4, -0.2) is 246 Å². The van der Waals surface area contributed by atoms with Gasteiger partial charge in [0.05, 0.1) is 48.8 Å². The first-order chi connectivity index (χ1) is 39.2. The van der Waals surface area contributed by atoms with Crippen LogP contribution < -0.4 is 29.6 Å². The third-order valence-corrected chi connectivity index (χ3v) is 21.3. The largest absolute Gasteiger partial charge is 1.00 e. The number of ether oxygens (including phenoxy) is 10. The molecule has 5 heterocycles. The molecular weight excluding hydrogens is 1160 g/mol. The molecule has 0 aromatic carbocycles. The van der Waals surface area contributed by atoms with Gasteiger partial charge in [-0.1, -0.05) is 51.5 Å². The Morgan fingerprint density at radius 3 is 1.72 bits per heavy atom. The van der Waals surface area contributed by atoms with Crippen LogP contribution in [0, 0.1) is 40.4 Å². The van der Waals surface area contributed by atoms with Crippen LogP contribution >= 0.6 is 0 Å². The van der Waals surface area contributed by atoms with E-state index in [0.717, 1.165) is 18.4 Å². The Morgan fingerprint density at radius 2 is 1.15 bits per heavy atom. The molecule has 5 saturated heterocycles. The normalized spacial score (nSPS) is 51.1. The Morgan fingerprint density at radius 1 is 0.647 bits per heavy atom. The summed E-state index contributed by atoms with van der Waals surface area (Å²) in [6.07, 6.45) is -33.8. The standard InChI is InChI=1S/C57H94O26S.Na/c1-22(2)23(3)13-18-57(10,69)35-12-11-30-29-20-33(32-19-28(83-84(70,71)72)14-16-55(32,8)31(29)15-17-56(30,35)9)78-52-46(68)47(39(61)27(7)76-52)80-53-48(81-50-44(66)41(63)36(58)24(4)74-50)40(62)34(21-73-53)79-54-49(43(65)38(60)26(6)77-54)82-51-45(67)42(64)37(59)25(5)75-51;/h15,22,24-30,32-54,58-69H,3,11-14,16-21H2,1-2,4-10H3,(H,70,71,72);/q;+1/p-1/t24?,25?,26?,27?,28?,29?,30?,32?,33?,34-,35+,36-,37-,38+,39-,40?,41?,42?,43?,44?,45?,46?,47?,48?,49?,50+,51+,52+,53+,54+,55-,56+,57+;/m1./s1. The van der Waals surface area contributed by atoms with Crippen LogP contribution in [0.5, 0.6) is 0 Å². The predicted octanol–water partition coefficient (Wildman–Crippen LogP) is -4.00. The molecule has 0 spiro atoms. The minimum atomic E-state index is -5.10. The van der Waals surface area contributed by atoms with Gasteiger partial charge in [-0.05, 0) is 133 Å². The fraction of sp³-hybridized carbons (Fsp3) is 0.930. The third-order valence-electron chi connectivity index (χ3n) is 20.8. The van der Waals surface area contributed by atoms with E-state index in [1.807, 2.05) is 6.92 Å². The molecule has 0 aromatic rings. The molecule has 85 heavy (non-hydrogen) atoms. The molecule has 9 rings (SSSR count). The van der Waals surface area contributed by atoms with E-state index in [4.69, 9.17) is 51.6 Å². The summed E-state index contributed by atoms with van der Waals surface area (Å²) < 4.78 is 103. The van der Waals surface area contributed by atoms with E-state index < -0.39 is 194 Å². The van der Waals surface area contributed by atoms with E-state index in [1.165, 1.54) is 33.3 Å². The summed E-state index contributed by atoms with van der Waals surface area (Å²) in [5.74, 6) is -0.264. The number of hydrogen-bond acceptors (Lipinski definition) is 26. The molecule has 33 atom stereocenters. The SMILES string of the molecule is C=C(CC[C@](C)(O)[C@H]1CCC2C3CC(O[C@@H]4OC(C)[C@@H](O)C(O[C@@H]5OC[C@@H](O[C@@H]6OC(C)[C@H](O)C(O)C6O[C@@H]6OC(C)[C@@H](O)C(O)C6O)C(O)C5O[C@@H]5OC(C)[C@@H](O)C(O)C5O)C4O)C4CC(OS(=O)(=O)[O-])CC[C@]4(C)C3=CC[C@@]21C)C(C)C.[Na+]. The summed E-state index contributed by atoms with van der Waals surface area (Å²) in [5.41, 5.74) is 0.323. The van der Waals surface area contributed by atoms with Gasteiger partial charge in [0, 0.05) is 0 Å². The maximum absolute atomic E-state index is 12.4. The van der Waals surface area contributed by atoms with Gasteiger partial charge in [-0.3, -0.25) is 4.18 Å². The number of fused-ring (bicyclic) bond motifs is 5. The second-order valence-electron chi connectivity index (χ2n) is 26.6. The molecule has 28 heteroatoms. The van der Waals surface area contributed by atoms with Crippen molar-refractivity contribution >= 4 is 10.4 Å². The molecule has 19 unspecified atom stereocenters. The van der Waals surface area contributed by atoms with Crippen molar-refractivity contribution in [1.29, 1.82) is 0 Å². The monoisotopic (exact) mass is 1250 g/mol. The molecule has 484 valence electrons. The predicted molar refractivity (Wildman–Crippen MR) is 287 cm³/mol. The van der Waals surface area contributed by atoms with Crippen LogP contribution in [-0.2, 0) is 62.0 Å². The average molecular weight is 1250 g/mol.